The van der Waals surface area contributed by atoms with Crippen LogP contribution in [0.4, 0.5) is 0 Å². The van der Waals surface area contributed by atoms with Crippen LogP contribution in [-0.4, -0.2) is 28.0 Å². The SMILES string of the molecule is CC=CC1=CN2C(=O)C(N)[C@H]2SC1. The highest BCUT2D eigenvalue weighted by molar-refractivity contribution is 8.00. The average molecular weight is 196 g/mol. The molecule has 0 aliphatic carbocycles. The zero-order chi connectivity index (χ0) is 9.42. The van der Waals surface area contributed by atoms with Gasteiger partial charge in [-0.25, -0.2) is 0 Å². The maximum atomic E-state index is 11.3. The van der Waals surface area contributed by atoms with Gasteiger partial charge in [-0.05, 0) is 12.5 Å². The molecule has 2 atom stereocenters. The number of fused-ring (bicyclic) bond motifs is 1. The lowest BCUT2D eigenvalue weighted by molar-refractivity contribution is -0.140. The second kappa shape index (κ2) is 3.20. The van der Waals surface area contributed by atoms with Crippen LogP contribution >= 0.6 is 11.8 Å². The van der Waals surface area contributed by atoms with Crippen LogP contribution < -0.4 is 5.73 Å². The summed E-state index contributed by atoms with van der Waals surface area (Å²) < 4.78 is 0. The fraction of sp³-hybridized carbons (Fsp3) is 0.444. The first-order valence-electron chi connectivity index (χ1n) is 4.27. The third-order valence-electron chi connectivity index (χ3n) is 2.23. The number of hydrogen-bond donors (Lipinski definition) is 1. The molecule has 1 unspecified atom stereocenters. The zero-order valence-electron chi connectivity index (χ0n) is 7.43. The van der Waals surface area contributed by atoms with Crippen molar-refractivity contribution in [1.29, 1.82) is 0 Å². The predicted octanol–water partition coefficient (Wildman–Crippen LogP) is 0.689. The molecule has 2 aliphatic rings. The molecule has 0 aromatic carbocycles. The van der Waals surface area contributed by atoms with Crippen molar-refractivity contribution < 1.29 is 4.79 Å². The maximum Gasteiger partial charge on any atom is 0.247 e. The van der Waals surface area contributed by atoms with Crippen molar-refractivity contribution in [2.45, 2.75) is 18.3 Å². The Morgan fingerprint density at radius 3 is 3.23 bits per heavy atom. The van der Waals surface area contributed by atoms with Crippen LogP contribution in [0.5, 0.6) is 0 Å². The monoisotopic (exact) mass is 196 g/mol. The van der Waals surface area contributed by atoms with Crippen LogP contribution in [0.3, 0.4) is 0 Å². The number of hydrogen-bond acceptors (Lipinski definition) is 3. The molecule has 0 spiro atoms. The Kier molecular flexibility index (Phi) is 2.17. The summed E-state index contributed by atoms with van der Waals surface area (Å²) in [5, 5.41) is 0.182. The second-order valence-corrected chi connectivity index (χ2v) is 4.28. The highest BCUT2D eigenvalue weighted by Crippen LogP contribution is 2.35. The van der Waals surface area contributed by atoms with E-state index in [1.54, 1.807) is 16.7 Å². The summed E-state index contributed by atoms with van der Waals surface area (Å²) in [4.78, 5) is 13.0. The number of β-lactam (4-membered cyclic amide) rings is 1. The number of carbonyl (C=O) groups excluding carboxylic acids is 1. The Balaban J connectivity index is 2.15. The largest absolute Gasteiger partial charge is 0.317 e. The lowest BCUT2D eigenvalue weighted by Crippen LogP contribution is -2.65. The van der Waals surface area contributed by atoms with E-state index in [0.717, 1.165) is 5.75 Å². The van der Waals surface area contributed by atoms with Gasteiger partial charge in [-0.3, -0.25) is 4.79 Å². The fourth-order valence-corrected chi connectivity index (χ4v) is 2.72. The van der Waals surface area contributed by atoms with E-state index in [2.05, 4.69) is 0 Å². The van der Waals surface area contributed by atoms with Gasteiger partial charge in [0.15, 0.2) is 0 Å². The number of nitrogens with two attached hydrogens (primary N) is 1. The number of rotatable bonds is 1. The Morgan fingerprint density at radius 1 is 1.77 bits per heavy atom. The van der Waals surface area contributed by atoms with Crippen molar-refractivity contribution in [3.05, 3.63) is 23.9 Å². The number of amides is 1. The lowest BCUT2D eigenvalue weighted by atomic mass is 10.1. The third-order valence-corrected chi connectivity index (χ3v) is 3.59. The standard InChI is InChI=1S/C9H12N2OS/c1-2-3-6-4-11-8(12)7(10)9(11)13-5-6/h2-4,7,9H,5,10H2,1H3/t7?,9-/m1/s1. The summed E-state index contributed by atoms with van der Waals surface area (Å²) in [7, 11) is 0. The van der Waals surface area contributed by atoms with E-state index in [-0.39, 0.29) is 17.3 Å². The lowest BCUT2D eigenvalue weighted by Gasteiger charge is -2.45. The summed E-state index contributed by atoms with van der Waals surface area (Å²) >= 11 is 1.73. The van der Waals surface area contributed by atoms with Crippen LogP contribution in [0, 0.1) is 0 Å². The maximum absolute atomic E-state index is 11.3. The van der Waals surface area contributed by atoms with E-state index in [4.69, 9.17) is 5.73 Å². The molecule has 2 N–H and O–H groups in total. The minimum absolute atomic E-state index is 0.0409. The molecule has 1 saturated heterocycles. The quantitative estimate of drug-likeness (QED) is 0.628. The van der Waals surface area contributed by atoms with Crippen LogP contribution in [0.25, 0.3) is 0 Å². The van der Waals surface area contributed by atoms with Crippen molar-refractivity contribution in [3.63, 3.8) is 0 Å². The van der Waals surface area contributed by atoms with Crippen molar-refractivity contribution in [2.75, 3.05) is 5.75 Å². The summed E-state index contributed by atoms with van der Waals surface area (Å²) in [6.07, 6.45) is 5.92. The van der Waals surface area contributed by atoms with E-state index in [1.165, 1.54) is 5.57 Å². The number of thioether (sulfide) groups is 1. The van der Waals surface area contributed by atoms with Gasteiger partial charge in [-0.2, -0.15) is 0 Å². The van der Waals surface area contributed by atoms with Gasteiger partial charge in [-0.15, -0.1) is 11.8 Å². The molecule has 0 aromatic rings. The highest BCUT2D eigenvalue weighted by Gasteiger charge is 2.45. The van der Waals surface area contributed by atoms with E-state index in [1.807, 2.05) is 25.3 Å². The van der Waals surface area contributed by atoms with Crippen molar-refractivity contribution in [1.82, 2.24) is 4.90 Å². The molecular formula is C9H12N2OS. The molecule has 0 radical (unpaired) electrons. The predicted molar refractivity (Wildman–Crippen MR) is 54.0 cm³/mol. The van der Waals surface area contributed by atoms with Gasteiger partial charge in [-0.1, -0.05) is 12.2 Å². The fourth-order valence-electron chi connectivity index (χ4n) is 1.53. The highest BCUT2D eigenvalue weighted by atomic mass is 32.2. The Bertz CT molecular complexity index is 298. The van der Waals surface area contributed by atoms with E-state index >= 15 is 0 Å². The Labute approximate surface area is 81.7 Å². The topological polar surface area (TPSA) is 46.3 Å². The van der Waals surface area contributed by atoms with Gasteiger partial charge in [0.2, 0.25) is 5.91 Å². The molecular weight excluding hydrogens is 184 g/mol. The minimum atomic E-state index is -0.284. The van der Waals surface area contributed by atoms with Crippen LogP contribution in [0.15, 0.2) is 23.9 Å². The van der Waals surface area contributed by atoms with Crippen LogP contribution in [0.1, 0.15) is 6.92 Å². The molecule has 1 amide bonds. The van der Waals surface area contributed by atoms with Crippen molar-refractivity contribution >= 4 is 17.7 Å². The van der Waals surface area contributed by atoms with Gasteiger partial charge in [0.05, 0.1) is 0 Å². The number of allylic oxidation sites excluding steroid dienone is 2. The van der Waals surface area contributed by atoms with Gasteiger partial charge >= 0.3 is 0 Å². The molecule has 2 rings (SSSR count). The summed E-state index contributed by atoms with van der Waals surface area (Å²) in [5.41, 5.74) is 6.82. The minimum Gasteiger partial charge on any atom is -0.317 e. The van der Waals surface area contributed by atoms with Gasteiger partial charge < -0.3 is 10.6 Å². The summed E-state index contributed by atoms with van der Waals surface area (Å²) in [5.74, 6) is 0.992. The summed E-state index contributed by atoms with van der Waals surface area (Å²) in [6, 6.07) is -0.284. The number of nitrogens with zero attached hydrogens (tertiary/aromatic N) is 1. The molecule has 0 saturated carbocycles. The number of carbonyl (C=O) groups is 1. The molecule has 0 aromatic heterocycles. The average Bonchev–Trinajstić information content (AvgIpc) is 2.17. The van der Waals surface area contributed by atoms with Crippen molar-refractivity contribution in [2.24, 2.45) is 5.73 Å². The molecule has 4 heteroatoms. The molecule has 70 valence electrons. The first-order chi connectivity index (χ1) is 6.24. The molecule has 2 heterocycles. The first kappa shape index (κ1) is 8.84. The van der Waals surface area contributed by atoms with Crippen molar-refractivity contribution in [3.8, 4) is 0 Å². The van der Waals surface area contributed by atoms with Gasteiger partial charge in [0, 0.05) is 12.0 Å². The smallest absolute Gasteiger partial charge is 0.247 e. The van der Waals surface area contributed by atoms with Crippen LogP contribution in [-0.2, 0) is 4.79 Å². The van der Waals surface area contributed by atoms with Gasteiger partial charge in [0.25, 0.3) is 0 Å². The molecule has 0 bridgehead atoms. The van der Waals surface area contributed by atoms with Gasteiger partial charge in [0.1, 0.15) is 11.4 Å². The molecule has 1 fully saturated rings. The Hall–Kier alpha value is -0.740. The second-order valence-electron chi connectivity index (χ2n) is 3.18. The normalized spacial score (nSPS) is 32.9. The summed E-state index contributed by atoms with van der Waals surface area (Å²) in [6.45, 7) is 1.97. The molecule has 13 heavy (non-hydrogen) atoms. The van der Waals surface area contributed by atoms with E-state index in [0.29, 0.717) is 0 Å². The van der Waals surface area contributed by atoms with Crippen LogP contribution in [0.2, 0.25) is 0 Å². The van der Waals surface area contributed by atoms with E-state index < -0.39 is 0 Å². The Morgan fingerprint density at radius 2 is 2.54 bits per heavy atom. The first-order valence-corrected chi connectivity index (χ1v) is 5.31. The zero-order valence-corrected chi connectivity index (χ0v) is 8.25. The van der Waals surface area contributed by atoms with E-state index in [9.17, 15) is 4.79 Å². The molecule has 2 aliphatic heterocycles. The molecule has 3 nitrogen and oxygen atoms in total. The third kappa shape index (κ3) is 1.30.